The third-order valence-electron chi connectivity index (χ3n) is 17.6. The van der Waals surface area contributed by atoms with Crippen LogP contribution in [-0.4, -0.2) is 186 Å². The average molecular weight is 1310 g/mol. The molecular formula is C68H81N9O18. The number of carboxylic acids is 1. The Labute approximate surface area is 549 Å². The average Bonchev–Trinajstić information content (AvgIpc) is 1.62. The van der Waals surface area contributed by atoms with Crippen LogP contribution in [0.5, 0.6) is 0 Å². The molecule has 11 rings (SSSR count). The van der Waals surface area contributed by atoms with Gasteiger partial charge in [-0.3, -0.25) is 19.2 Å². The van der Waals surface area contributed by atoms with Crippen molar-refractivity contribution in [3.63, 3.8) is 0 Å². The van der Waals surface area contributed by atoms with Crippen molar-refractivity contribution in [1.82, 2.24) is 23.9 Å². The number of amides is 6. The fourth-order valence-electron chi connectivity index (χ4n) is 12.6. The number of fused-ring (bicyclic) bond motifs is 4. The zero-order chi connectivity index (χ0) is 67.8. The number of rotatable bonds is 19. The van der Waals surface area contributed by atoms with E-state index >= 15 is 0 Å². The first-order valence-electron chi connectivity index (χ1n) is 31.6. The van der Waals surface area contributed by atoms with Gasteiger partial charge in [0.05, 0.1) is 41.8 Å². The van der Waals surface area contributed by atoms with Crippen LogP contribution in [0.15, 0.2) is 92.3 Å². The predicted octanol–water partition coefficient (Wildman–Crippen LogP) is 8.33. The molecule has 4 saturated heterocycles. The number of methoxy groups -OCH3 is 1. The maximum absolute atomic E-state index is 14.3. The quantitative estimate of drug-likeness (QED) is 0.0397. The molecule has 95 heavy (non-hydrogen) atoms. The number of benzene rings is 3. The number of hydrogen-bond acceptors (Lipinski definition) is 18. The SMILES string of the molecule is C=CCOC(=O)N1c2cc(C)c(C)cc2C(=O)N2CC[C@H](OCC(=O)Nc3cn(C)c(C(=O)Nc4ccc(-c5cc(C(=O)OC)n(C)c5)cc4)n3)[C@H]2C1OC1CCCCO1.C=CCOC(=O)N1c2cc(C)c(C)cc2C(=O)N2CC[C@H](OCC(=O)O)[C@H]2C1OC1CCCCO1. The van der Waals surface area contributed by atoms with E-state index in [9.17, 15) is 43.5 Å². The van der Waals surface area contributed by atoms with Crippen molar-refractivity contribution in [2.24, 2.45) is 14.1 Å². The summed E-state index contributed by atoms with van der Waals surface area (Å²) in [4.78, 5) is 116. The number of aromatic nitrogens is 3. The van der Waals surface area contributed by atoms with E-state index in [-0.39, 0.29) is 43.2 Å². The standard InChI is InChI=1S/C43H49N7O10.C25H32N2O8/c1-7-17-58-43(55)50-31-20-26(3)25(2)19-30(31)40(53)49-16-15-33(37(49)41(50)60-36-10-8-9-18-57-36)59-24-35(51)45-34-23-48(5)38(46-34)39(52)44-29-13-11-27(12-14-29)28-21-32(42(54)56-6)47(4)22-28;1-4-10-33-25(31)27-18-13-16(3)15(2)12-17(18)23(30)26-9-8-19(34-14-20(28)29)22(26)24(27)35-21-7-5-6-11-32-21/h7,11-14,19-23,33,36-37,41H,1,8-10,15-18,24H2,2-6H3,(H,44,52)(H,45,51);4,12-13,19,21-22,24H,1,5-11,14H2,2-3H3,(H,28,29)/t33-,36?,37-,41?;19-,21?,22-,24?/m00/s1. The molecule has 5 aromatic rings. The summed E-state index contributed by atoms with van der Waals surface area (Å²) in [7, 11) is 4.71. The molecule has 8 heterocycles. The van der Waals surface area contributed by atoms with Gasteiger partial charge >= 0.3 is 24.1 Å². The van der Waals surface area contributed by atoms with Crippen LogP contribution in [0.4, 0.5) is 32.5 Å². The zero-order valence-electron chi connectivity index (χ0n) is 54.4. The summed E-state index contributed by atoms with van der Waals surface area (Å²) in [5.41, 5.74) is 7.49. The van der Waals surface area contributed by atoms with Crippen LogP contribution in [-0.2, 0) is 66.3 Å². The van der Waals surface area contributed by atoms with E-state index in [1.54, 1.807) is 70.9 Å². The van der Waals surface area contributed by atoms with Gasteiger partial charge in [0, 0.05) is 64.0 Å². The Balaban J connectivity index is 0.000000238. The highest BCUT2D eigenvalue weighted by Crippen LogP contribution is 2.42. The van der Waals surface area contributed by atoms with Crippen molar-refractivity contribution in [2.75, 3.05) is 80.3 Å². The second kappa shape index (κ2) is 30.4. The van der Waals surface area contributed by atoms with E-state index < -0.39 is 98.5 Å². The van der Waals surface area contributed by atoms with Crippen LogP contribution in [0.1, 0.15) is 115 Å². The number of carbonyl (C=O) groups excluding carboxylic acids is 7. The largest absolute Gasteiger partial charge is 0.480 e. The van der Waals surface area contributed by atoms with Gasteiger partial charge in [0.15, 0.2) is 30.9 Å². The molecule has 27 nitrogen and oxygen atoms in total. The fraction of sp³-hybridized carbons (Fsp3) is 0.456. The lowest BCUT2D eigenvalue weighted by atomic mass is 10.0. The number of imidazole rings is 1. The molecule has 6 aliphatic heterocycles. The Hall–Kier alpha value is -9.25. The van der Waals surface area contributed by atoms with Crippen LogP contribution < -0.4 is 20.4 Å². The first kappa shape index (κ1) is 68.6. The highest BCUT2D eigenvalue weighted by Gasteiger charge is 2.54. The van der Waals surface area contributed by atoms with Crippen LogP contribution in [0.2, 0.25) is 0 Å². The van der Waals surface area contributed by atoms with Crippen LogP contribution in [0.25, 0.3) is 11.1 Å². The van der Waals surface area contributed by atoms with E-state index in [0.29, 0.717) is 79.3 Å². The molecule has 0 radical (unpaired) electrons. The molecular weight excluding hydrogens is 1230 g/mol. The fourth-order valence-corrected chi connectivity index (χ4v) is 12.6. The van der Waals surface area contributed by atoms with Crippen LogP contribution in [0.3, 0.4) is 0 Å². The molecule has 6 aliphatic rings. The molecule has 4 fully saturated rings. The van der Waals surface area contributed by atoms with Crippen molar-refractivity contribution in [2.45, 2.75) is 128 Å². The molecule has 0 aliphatic carbocycles. The minimum Gasteiger partial charge on any atom is -0.480 e. The highest BCUT2D eigenvalue weighted by molar-refractivity contribution is 6.07. The number of anilines is 4. The van der Waals surface area contributed by atoms with Gasteiger partial charge in [-0.05, 0) is 149 Å². The minimum atomic E-state index is -1.12. The minimum absolute atomic E-state index is 0.0244. The summed E-state index contributed by atoms with van der Waals surface area (Å²) in [6.45, 7) is 15.5. The molecule has 4 unspecified atom stereocenters. The lowest BCUT2D eigenvalue weighted by molar-refractivity contribution is -0.202. The number of nitrogens with one attached hydrogen (secondary N) is 2. The number of aliphatic carboxylic acids is 1. The summed E-state index contributed by atoms with van der Waals surface area (Å²) in [6.07, 6.45) is 5.63. The van der Waals surface area contributed by atoms with E-state index in [0.717, 1.165) is 59.1 Å². The lowest BCUT2D eigenvalue weighted by Gasteiger charge is -2.39. The Kier molecular flexibility index (Phi) is 22.0. The van der Waals surface area contributed by atoms with Crippen LogP contribution in [0, 0.1) is 27.7 Å². The first-order valence-corrected chi connectivity index (χ1v) is 31.6. The third kappa shape index (κ3) is 15.3. The van der Waals surface area contributed by atoms with Crippen molar-refractivity contribution in [3.05, 3.63) is 137 Å². The van der Waals surface area contributed by atoms with Crippen molar-refractivity contribution < 1.29 is 86.1 Å². The first-order chi connectivity index (χ1) is 45.7. The van der Waals surface area contributed by atoms with Gasteiger partial charge in [0.25, 0.3) is 23.6 Å². The van der Waals surface area contributed by atoms with Gasteiger partial charge in [0.1, 0.15) is 44.2 Å². The van der Waals surface area contributed by atoms with Gasteiger partial charge < -0.3 is 77.3 Å². The molecule has 3 N–H and O–H groups in total. The summed E-state index contributed by atoms with van der Waals surface area (Å²) in [5.74, 6) is -3.01. The van der Waals surface area contributed by atoms with E-state index in [1.807, 2.05) is 46.0 Å². The monoisotopic (exact) mass is 1310 g/mol. The number of ether oxygens (including phenoxy) is 9. The Morgan fingerprint density at radius 3 is 1.62 bits per heavy atom. The molecule has 6 amide bonds. The van der Waals surface area contributed by atoms with E-state index in [2.05, 4.69) is 28.8 Å². The molecule has 3 aromatic carbocycles. The van der Waals surface area contributed by atoms with Crippen molar-refractivity contribution in [3.8, 4) is 11.1 Å². The molecule has 27 heteroatoms. The summed E-state index contributed by atoms with van der Waals surface area (Å²) >= 11 is 0. The number of aryl methyl sites for hydroxylation is 6. The number of carbonyl (C=O) groups is 8. The van der Waals surface area contributed by atoms with E-state index in [4.69, 9.17) is 42.6 Å². The highest BCUT2D eigenvalue weighted by atomic mass is 16.7. The molecule has 8 atom stereocenters. The number of nitrogens with zero attached hydrogens (tertiary/aromatic N) is 7. The van der Waals surface area contributed by atoms with Gasteiger partial charge in [-0.15, -0.1) is 0 Å². The number of hydrogen-bond donors (Lipinski definition) is 3. The van der Waals surface area contributed by atoms with E-state index in [1.165, 1.54) is 39.8 Å². The maximum Gasteiger partial charge on any atom is 0.416 e. The lowest BCUT2D eigenvalue weighted by Crippen LogP contribution is -2.57. The summed E-state index contributed by atoms with van der Waals surface area (Å²) in [5, 5.41) is 14.7. The maximum atomic E-state index is 14.3. The zero-order valence-corrected chi connectivity index (χ0v) is 54.4. The normalized spacial score (nSPS) is 22.1. The van der Waals surface area contributed by atoms with Gasteiger partial charge in [-0.1, -0.05) is 37.4 Å². The summed E-state index contributed by atoms with van der Waals surface area (Å²) in [6, 6.07) is 14.3. The number of carboxylic acid groups (broad SMARTS) is 1. The molecule has 0 spiro atoms. The molecule has 0 bridgehead atoms. The topological polar surface area (TPSA) is 300 Å². The Morgan fingerprint density at radius 2 is 1.15 bits per heavy atom. The smallest absolute Gasteiger partial charge is 0.416 e. The molecule has 506 valence electrons. The van der Waals surface area contributed by atoms with Crippen molar-refractivity contribution in [1.29, 1.82) is 0 Å². The Morgan fingerprint density at radius 1 is 0.642 bits per heavy atom. The second-order valence-corrected chi connectivity index (χ2v) is 24.0. The van der Waals surface area contributed by atoms with Gasteiger partial charge in [0.2, 0.25) is 5.82 Å². The van der Waals surface area contributed by atoms with Gasteiger partial charge in [-0.25, -0.2) is 34.0 Å². The third-order valence-corrected chi connectivity index (χ3v) is 17.6. The predicted molar refractivity (Wildman–Crippen MR) is 345 cm³/mol. The second-order valence-electron chi connectivity index (χ2n) is 24.0. The van der Waals surface area contributed by atoms with Gasteiger partial charge in [-0.2, -0.15) is 0 Å². The molecule has 2 aromatic heterocycles. The molecule has 0 saturated carbocycles. The van der Waals surface area contributed by atoms with Crippen LogP contribution >= 0.6 is 0 Å². The number of esters is 1. The van der Waals surface area contributed by atoms with Crippen molar-refractivity contribution >= 4 is 70.6 Å². The Bertz CT molecular complexity index is 3720. The summed E-state index contributed by atoms with van der Waals surface area (Å²) < 4.78 is 55.8.